The zero-order valence-electron chi connectivity index (χ0n) is 16.7. The summed E-state index contributed by atoms with van der Waals surface area (Å²) in [5.41, 5.74) is 2.95. The molecule has 0 aliphatic heterocycles. The summed E-state index contributed by atoms with van der Waals surface area (Å²) in [4.78, 5) is 17.3. The van der Waals surface area contributed by atoms with E-state index in [4.69, 9.17) is 14.2 Å². The number of rotatable bonds is 6. The minimum atomic E-state index is -0.349. The Labute approximate surface area is 173 Å². The number of carbonyl (C=O) groups is 1. The lowest BCUT2D eigenvalue weighted by Crippen LogP contribution is -2.13. The smallest absolute Gasteiger partial charge is 0.276 e. The summed E-state index contributed by atoms with van der Waals surface area (Å²) in [5, 5.41) is 7.13. The summed E-state index contributed by atoms with van der Waals surface area (Å²) < 4.78 is 17.5. The van der Waals surface area contributed by atoms with Gasteiger partial charge in [0.1, 0.15) is 5.75 Å². The van der Waals surface area contributed by atoms with Gasteiger partial charge in [0.15, 0.2) is 22.8 Å². The summed E-state index contributed by atoms with van der Waals surface area (Å²) in [6, 6.07) is 16.2. The summed E-state index contributed by atoms with van der Waals surface area (Å²) in [7, 11) is 4.73. The molecule has 4 rings (SSSR count). The van der Waals surface area contributed by atoms with Gasteiger partial charge >= 0.3 is 0 Å². The van der Waals surface area contributed by atoms with Crippen molar-refractivity contribution in [1.82, 2.24) is 14.6 Å². The van der Waals surface area contributed by atoms with E-state index in [1.165, 1.54) is 0 Å². The standard InChI is InChI=1S/C22H20N4O4/c1-28-18-7-5-4-6-16(18)24-22(27)17-13-21-23-15(10-11-26(21)25-17)14-8-9-19(29-2)20(12-14)30-3/h4-13H,1-3H3,(H,24,27). The number of para-hydroxylation sites is 2. The van der Waals surface area contributed by atoms with Gasteiger partial charge < -0.3 is 19.5 Å². The number of nitrogens with one attached hydrogen (secondary N) is 1. The average molecular weight is 404 g/mol. The Bertz CT molecular complexity index is 1220. The third-order valence-electron chi connectivity index (χ3n) is 4.59. The first-order valence-electron chi connectivity index (χ1n) is 9.16. The maximum Gasteiger partial charge on any atom is 0.276 e. The molecule has 2 aromatic heterocycles. The molecule has 2 aromatic carbocycles. The number of ether oxygens (including phenoxy) is 3. The van der Waals surface area contributed by atoms with Crippen molar-refractivity contribution in [2.24, 2.45) is 0 Å². The number of anilines is 1. The number of hydrogen-bond donors (Lipinski definition) is 1. The number of methoxy groups -OCH3 is 3. The fourth-order valence-electron chi connectivity index (χ4n) is 3.08. The Kier molecular flexibility index (Phi) is 5.21. The van der Waals surface area contributed by atoms with Gasteiger partial charge in [-0.3, -0.25) is 4.79 Å². The molecule has 4 aromatic rings. The van der Waals surface area contributed by atoms with Crippen LogP contribution in [0.5, 0.6) is 17.2 Å². The van der Waals surface area contributed by atoms with E-state index >= 15 is 0 Å². The van der Waals surface area contributed by atoms with Gasteiger partial charge in [0.05, 0.1) is 32.7 Å². The highest BCUT2D eigenvalue weighted by molar-refractivity contribution is 6.04. The van der Waals surface area contributed by atoms with Gasteiger partial charge in [-0.15, -0.1) is 0 Å². The molecule has 8 heteroatoms. The number of nitrogens with zero attached hydrogens (tertiary/aromatic N) is 3. The van der Waals surface area contributed by atoms with Crippen LogP contribution >= 0.6 is 0 Å². The number of fused-ring (bicyclic) bond motifs is 1. The van der Waals surface area contributed by atoms with E-state index in [1.807, 2.05) is 36.4 Å². The van der Waals surface area contributed by atoms with Crippen LogP contribution in [0.4, 0.5) is 5.69 Å². The van der Waals surface area contributed by atoms with Crippen LogP contribution < -0.4 is 19.5 Å². The molecule has 1 amide bonds. The maximum absolute atomic E-state index is 12.7. The predicted molar refractivity (Wildman–Crippen MR) is 112 cm³/mol. The van der Waals surface area contributed by atoms with Crippen molar-refractivity contribution in [3.05, 3.63) is 66.5 Å². The number of carbonyl (C=O) groups excluding carboxylic acids is 1. The largest absolute Gasteiger partial charge is 0.495 e. The average Bonchev–Trinajstić information content (AvgIpc) is 3.22. The van der Waals surface area contributed by atoms with Crippen molar-refractivity contribution in [3.8, 4) is 28.5 Å². The van der Waals surface area contributed by atoms with Gasteiger partial charge in [0, 0.05) is 17.8 Å². The van der Waals surface area contributed by atoms with Crippen LogP contribution in [0.25, 0.3) is 16.9 Å². The molecule has 0 saturated heterocycles. The highest BCUT2D eigenvalue weighted by atomic mass is 16.5. The molecule has 8 nitrogen and oxygen atoms in total. The van der Waals surface area contributed by atoms with Crippen molar-refractivity contribution in [1.29, 1.82) is 0 Å². The lowest BCUT2D eigenvalue weighted by atomic mass is 10.1. The number of amides is 1. The normalized spacial score (nSPS) is 10.6. The molecule has 0 radical (unpaired) electrons. The second-order valence-corrected chi connectivity index (χ2v) is 6.37. The van der Waals surface area contributed by atoms with Crippen molar-refractivity contribution < 1.29 is 19.0 Å². The molecule has 152 valence electrons. The number of aromatic nitrogens is 3. The molecule has 0 spiro atoms. The molecular formula is C22H20N4O4. The highest BCUT2D eigenvalue weighted by Crippen LogP contribution is 2.31. The van der Waals surface area contributed by atoms with Crippen molar-refractivity contribution in [2.75, 3.05) is 26.6 Å². The van der Waals surface area contributed by atoms with Crippen molar-refractivity contribution in [2.45, 2.75) is 0 Å². The lowest BCUT2D eigenvalue weighted by molar-refractivity contribution is 0.102. The van der Waals surface area contributed by atoms with E-state index in [0.717, 1.165) is 11.3 Å². The molecule has 0 bridgehead atoms. The van der Waals surface area contributed by atoms with E-state index in [-0.39, 0.29) is 11.6 Å². The Morgan fingerprint density at radius 1 is 0.900 bits per heavy atom. The van der Waals surface area contributed by atoms with Crippen molar-refractivity contribution >= 4 is 17.2 Å². The lowest BCUT2D eigenvalue weighted by Gasteiger charge is -2.09. The molecular weight excluding hydrogens is 384 g/mol. The van der Waals surface area contributed by atoms with Gasteiger partial charge in [-0.1, -0.05) is 12.1 Å². The van der Waals surface area contributed by atoms with Crippen LogP contribution in [0.1, 0.15) is 10.5 Å². The molecule has 0 fully saturated rings. The SMILES string of the molecule is COc1ccccc1NC(=O)c1cc2nc(-c3ccc(OC)c(OC)c3)ccn2n1. The van der Waals surface area contributed by atoms with Crippen LogP contribution in [0.15, 0.2) is 60.8 Å². The van der Waals surface area contributed by atoms with Gasteiger partial charge in [-0.05, 0) is 36.4 Å². The maximum atomic E-state index is 12.7. The second-order valence-electron chi connectivity index (χ2n) is 6.37. The topological polar surface area (TPSA) is 87.0 Å². The van der Waals surface area contributed by atoms with Gasteiger partial charge in [-0.25, -0.2) is 9.50 Å². The molecule has 0 aliphatic carbocycles. The fourth-order valence-corrected chi connectivity index (χ4v) is 3.08. The number of hydrogen-bond acceptors (Lipinski definition) is 6. The van der Waals surface area contributed by atoms with Crippen LogP contribution in [-0.2, 0) is 0 Å². The van der Waals surface area contributed by atoms with Crippen LogP contribution in [0.3, 0.4) is 0 Å². The minimum Gasteiger partial charge on any atom is -0.495 e. The zero-order valence-corrected chi connectivity index (χ0v) is 16.7. The van der Waals surface area contributed by atoms with Gasteiger partial charge in [0.25, 0.3) is 5.91 Å². The summed E-state index contributed by atoms with van der Waals surface area (Å²) in [6.07, 6.45) is 1.76. The predicted octanol–water partition coefficient (Wildman–Crippen LogP) is 3.67. The molecule has 0 saturated carbocycles. The number of benzene rings is 2. The first-order chi connectivity index (χ1) is 14.6. The molecule has 0 atom stereocenters. The van der Waals surface area contributed by atoms with E-state index in [0.29, 0.717) is 28.6 Å². The van der Waals surface area contributed by atoms with E-state index in [1.54, 1.807) is 50.2 Å². The summed E-state index contributed by atoms with van der Waals surface area (Å²) in [5.74, 6) is 1.48. The summed E-state index contributed by atoms with van der Waals surface area (Å²) >= 11 is 0. The Hall–Kier alpha value is -4.07. The van der Waals surface area contributed by atoms with E-state index in [9.17, 15) is 4.79 Å². The molecule has 2 heterocycles. The first-order valence-corrected chi connectivity index (χ1v) is 9.16. The van der Waals surface area contributed by atoms with E-state index in [2.05, 4.69) is 15.4 Å². The first kappa shape index (κ1) is 19.3. The molecule has 0 aliphatic rings. The van der Waals surface area contributed by atoms with Gasteiger partial charge in [-0.2, -0.15) is 5.10 Å². The van der Waals surface area contributed by atoms with E-state index < -0.39 is 0 Å². The second kappa shape index (κ2) is 8.12. The van der Waals surface area contributed by atoms with Crippen molar-refractivity contribution in [3.63, 3.8) is 0 Å². The third kappa shape index (κ3) is 3.62. The fraction of sp³-hybridized carbons (Fsp3) is 0.136. The molecule has 1 N–H and O–H groups in total. The zero-order chi connectivity index (χ0) is 21.1. The summed E-state index contributed by atoms with van der Waals surface area (Å²) in [6.45, 7) is 0. The minimum absolute atomic E-state index is 0.248. The third-order valence-corrected chi connectivity index (χ3v) is 4.59. The van der Waals surface area contributed by atoms with Crippen LogP contribution in [0, 0.1) is 0 Å². The Balaban J connectivity index is 1.63. The molecule has 0 unspecified atom stereocenters. The Morgan fingerprint density at radius 3 is 2.43 bits per heavy atom. The molecule has 30 heavy (non-hydrogen) atoms. The van der Waals surface area contributed by atoms with Crippen LogP contribution in [-0.4, -0.2) is 41.8 Å². The monoisotopic (exact) mass is 404 g/mol. The quantitative estimate of drug-likeness (QED) is 0.528. The van der Waals surface area contributed by atoms with Crippen LogP contribution in [0.2, 0.25) is 0 Å². The Morgan fingerprint density at radius 2 is 1.67 bits per heavy atom. The highest BCUT2D eigenvalue weighted by Gasteiger charge is 2.15. The van der Waals surface area contributed by atoms with Gasteiger partial charge in [0.2, 0.25) is 0 Å².